The molecule has 1 aromatic heterocycles. The van der Waals surface area contributed by atoms with Crippen LogP contribution in [0.5, 0.6) is 0 Å². The average Bonchev–Trinajstić information content (AvgIpc) is 3.04. The van der Waals surface area contributed by atoms with Gasteiger partial charge in [-0.05, 0) is 24.3 Å². The van der Waals surface area contributed by atoms with Crippen LogP contribution < -0.4 is 5.32 Å². The van der Waals surface area contributed by atoms with E-state index in [0.717, 1.165) is 15.5 Å². The third-order valence-electron chi connectivity index (χ3n) is 3.15. The number of amides is 1. The summed E-state index contributed by atoms with van der Waals surface area (Å²) in [6, 6.07) is 17.4. The maximum Gasteiger partial charge on any atom is 0.257 e. The summed E-state index contributed by atoms with van der Waals surface area (Å²) >= 11 is 3.13. The van der Waals surface area contributed by atoms with E-state index in [1.54, 1.807) is 11.8 Å². The van der Waals surface area contributed by atoms with E-state index in [-0.39, 0.29) is 5.91 Å². The number of hydrogen-bond acceptors (Lipinski definition) is 5. The first-order valence-electron chi connectivity index (χ1n) is 7.59. The average molecular weight is 355 g/mol. The zero-order chi connectivity index (χ0) is 16.9. The highest BCUT2D eigenvalue weighted by molar-refractivity contribution is 7.99. The molecule has 0 aliphatic rings. The number of nitrogens with one attached hydrogen (secondary N) is 1. The van der Waals surface area contributed by atoms with E-state index in [1.807, 2.05) is 54.6 Å². The first-order chi connectivity index (χ1) is 11.6. The Balaban J connectivity index is 1.68. The van der Waals surface area contributed by atoms with Gasteiger partial charge in [0, 0.05) is 21.3 Å². The lowest BCUT2D eigenvalue weighted by Gasteiger charge is -2.06. The maximum absolute atomic E-state index is 12.3. The number of rotatable bonds is 5. The Morgan fingerprint density at radius 1 is 1.04 bits per heavy atom. The van der Waals surface area contributed by atoms with Crippen LogP contribution in [0.2, 0.25) is 0 Å². The lowest BCUT2D eigenvalue weighted by atomic mass is 10.2. The van der Waals surface area contributed by atoms with E-state index in [0.29, 0.717) is 15.9 Å². The summed E-state index contributed by atoms with van der Waals surface area (Å²) in [6.07, 6.45) is 0. The monoisotopic (exact) mass is 355 g/mol. The molecule has 0 spiro atoms. The largest absolute Gasteiger partial charge is 0.296 e. The van der Waals surface area contributed by atoms with Gasteiger partial charge in [0.1, 0.15) is 5.01 Å². The highest BCUT2D eigenvalue weighted by atomic mass is 32.2. The van der Waals surface area contributed by atoms with Crippen LogP contribution in [0.1, 0.15) is 24.2 Å². The van der Waals surface area contributed by atoms with E-state index in [1.165, 1.54) is 11.3 Å². The van der Waals surface area contributed by atoms with E-state index in [2.05, 4.69) is 29.4 Å². The summed E-state index contributed by atoms with van der Waals surface area (Å²) in [5.74, 6) is -0.174. The van der Waals surface area contributed by atoms with Crippen molar-refractivity contribution in [3.63, 3.8) is 0 Å². The molecule has 1 heterocycles. The Labute approximate surface area is 149 Å². The second kappa shape index (κ2) is 7.59. The molecule has 0 aliphatic carbocycles. The number of thioether (sulfide) groups is 1. The first kappa shape index (κ1) is 16.7. The van der Waals surface area contributed by atoms with Gasteiger partial charge in [-0.15, -0.1) is 22.0 Å². The van der Waals surface area contributed by atoms with Crippen LogP contribution in [-0.4, -0.2) is 21.4 Å². The maximum atomic E-state index is 12.3. The van der Waals surface area contributed by atoms with Crippen molar-refractivity contribution in [2.24, 2.45) is 0 Å². The fraction of sp³-hybridized carbons (Fsp3) is 0.167. The Kier molecular flexibility index (Phi) is 5.27. The van der Waals surface area contributed by atoms with Gasteiger partial charge in [0.25, 0.3) is 5.91 Å². The van der Waals surface area contributed by atoms with Crippen molar-refractivity contribution in [3.05, 3.63) is 60.2 Å². The van der Waals surface area contributed by atoms with Gasteiger partial charge in [0.2, 0.25) is 5.13 Å². The third-order valence-corrected chi connectivity index (χ3v) is 5.06. The Hall–Kier alpha value is -2.18. The van der Waals surface area contributed by atoms with E-state index in [4.69, 9.17) is 0 Å². The van der Waals surface area contributed by atoms with Crippen molar-refractivity contribution in [1.29, 1.82) is 0 Å². The van der Waals surface area contributed by atoms with E-state index >= 15 is 0 Å². The molecule has 2 aromatic carbocycles. The van der Waals surface area contributed by atoms with Gasteiger partial charge < -0.3 is 0 Å². The van der Waals surface area contributed by atoms with Gasteiger partial charge in [-0.25, -0.2) is 0 Å². The van der Waals surface area contributed by atoms with Gasteiger partial charge in [-0.2, -0.15) is 0 Å². The molecule has 0 saturated carbocycles. The van der Waals surface area contributed by atoms with Crippen LogP contribution in [-0.2, 0) is 0 Å². The number of anilines is 1. The number of aromatic nitrogens is 2. The number of benzene rings is 2. The molecular weight excluding hydrogens is 338 g/mol. The SMILES string of the molecule is CC(C)Sc1ccc(C(=O)Nc2nnc(-c3ccccc3)s2)cc1. The van der Waals surface area contributed by atoms with Gasteiger partial charge >= 0.3 is 0 Å². The van der Waals surface area contributed by atoms with Crippen LogP contribution >= 0.6 is 23.1 Å². The molecule has 1 amide bonds. The van der Waals surface area contributed by atoms with E-state index < -0.39 is 0 Å². The smallest absolute Gasteiger partial charge is 0.257 e. The van der Waals surface area contributed by atoms with Gasteiger partial charge in [0.15, 0.2) is 0 Å². The van der Waals surface area contributed by atoms with Crippen LogP contribution in [0, 0.1) is 0 Å². The van der Waals surface area contributed by atoms with E-state index in [9.17, 15) is 4.79 Å². The summed E-state index contributed by atoms with van der Waals surface area (Å²) in [4.78, 5) is 13.5. The molecule has 3 aromatic rings. The Bertz CT molecular complexity index is 814. The minimum Gasteiger partial charge on any atom is -0.296 e. The second-order valence-electron chi connectivity index (χ2n) is 5.42. The Morgan fingerprint density at radius 2 is 1.75 bits per heavy atom. The molecule has 0 saturated heterocycles. The normalized spacial score (nSPS) is 10.8. The highest BCUT2D eigenvalue weighted by Gasteiger charge is 2.11. The van der Waals surface area contributed by atoms with Crippen molar-refractivity contribution >= 4 is 34.1 Å². The minimum absolute atomic E-state index is 0.174. The molecule has 122 valence electrons. The molecular formula is C18H17N3OS2. The summed E-state index contributed by atoms with van der Waals surface area (Å²) in [5.41, 5.74) is 1.60. The van der Waals surface area contributed by atoms with Crippen molar-refractivity contribution in [2.45, 2.75) is 24.0 Å². The molecule has 0 fully saturated rings. The van der Waals surface area contributed by atoms with Crippen LogP contribution in [0.15, 0.2) is 59.5 Å². The fourth-order valence-corrected chi connectivity index (χ4v) is 3.68. The molecule has 0 aliphatic heterocycles. The van der Waals surface area contributed by atoms with Crippen molar-refractivity contribution < 1.29 is 4.79 Å². The predicted octanol–water partition coefficient (Wildman–Crippen LogP) is 4.96. The van der Waals surface area contributed by atoms with Gasteiger partial charge in [-0.1, -0.05) is 55.5 Å². The standard InChI is InChI=1S/C18H17N3OS2/c1-12(2)23-15-10-8-13(9-11-15)16(22)19-18-21-20-17(24-18)14-6-4-3-5-7-14/h3-12H,1-2H3,(H,19,21,22). The summed E-state index contributed by atoms with van der Waals surface area (Å²) in [7, 11) is 0. The number of carbonyl (C=O) groups is 1. The number of hydrogen-bond donors (Lipinski definition) is 1. The quantitative estimate of drug-likeness (QED) is 0.657. The predicted molar refractivity (Wildman–Crippen MR) is 101 cm³/mol. The lowest BCUT2D eigenvalue weighted by Crippen LogP contribution is -2.11. The topological polar surface area (TPSA) is 54.9 Å². The third kappa shape index (κ3) is 4.21. The molecule has 0 atom stereocenters. The van der Waals surface area contributed by atoms with Crippen LogP contribution in [0.4, 0.5) is 5.13 Å². The zero-order valence-corrected chi connectivity index (χ0v) is 15.0. The first-order valence-corrected chi connectivity index (χ1v) is 9.28. The van der Waals surface area contributed by atoms with Gasteiger partial charge in [-0.3, -0.25) is 10.1 Å². The van der Waals surface area contributed by atoms with Crippen LogP contribution in [0.25, 0.3) is 10.6 Å². The highest BCUT2D eigenvalue weighted by Crippen LogP contribution is 2.27. The molecule has 1 N–H and O–H groups in total. The summed E-state index contributed by atoms with van der Waals surface area (Å²) < 4.78 is 0. The summed E-state index contributed by atoms with van der Waals surface area (Å²) in [6.45, 7) is 4.29. The lowest BCUT2D eigenvalue weighted by molar-refractivity contribution is 0.102. The number of carbonyl (C=O) groups excluding carboxylic acids is 1. The zero-order valence-electron chi connectivity index (χ0n) is 13.4. The summed E-state index contributed by atoms with van der Waals surface area (Å²) in [5, 5.41) is 12.8. The fourth-order valence-electron chi connectivity index (χ4n) is 2.10. The van der Waals surface area contributed by atoms with Crippen molar-refractivity contribution in [2.75, 3.05) is 5.32 Å². The molecule has 0 bridgehead atoms. The molecule has 0 radical (unpaired) electrons. The molecule has 3 rings (SSSR count). The molecule has 24 heavy (non-hydrogen) atoms. The second-order valence-corrected chi connectivity index (χ2v) is 8.05. The minimum atomic E-state index is -0.174. The van der Waals surface area contributed by atoms with Crippen molar-refractivity contribution in [3.8, 4) is 10.6 Å². The van der Waals surface area contributed by atoms with Crippen molar-refractivity contribution in [1.82, 2.24) is 10.2 Å². The molecule has 0 unspecified atom stereocenters. The molecule has 4 nitrogen and oxygen atoms in total. The Morgan fingerprint density at radius 3 is 2.42 bits per heavy atom. The number of nitrogens with zero attached hydrogens (tertiary/aromatic N) is 2. The molecule has 6 heteroatoms. The van der Waals surface area contributed by atoms with Crippen LogP contribution in [0.3, 0.4) is 0 Å². The van der Waals surface area contributed by atoms with Gasteiger partial charge in [0.05, 0.1) is 0 Å².